The van der Waals surface area contributed by atoms with Crippen molar-refractivity contribution in [2.45, 2.75) is 25.7 Å². The SMILES string of the molecule is Nc1c(-c2ccc3c(c2)CCCC3)nc2c(Cl)cccn12. The van der Waals surface area contributed by atoms with E-state index in [1.165, 1.54) is 30.4 Å². The van der Waals surface area contributed by atoms with E-state index >= 15 is 0 Å². The average Bonchev–Trinajstić information content (AvgIpc) is 2.86. The van der Waals surface area contributed by atoms with Gasteiger partial charge >= 0.3 is 0 Å². The summed E-state index contributed by atoms with van der Waals surface area (Å²) in [6.07, 6.45) is 6.78. The molecule has 1 aliphatic rings. The molecule has 0 bridgehead atoms. The maximum atomic E-state index is 6.26. The fourth-order valence-corrected chi connectivity index (χ4v) is 3.35. The largest absolute Gasteiger partial charge is 0.383 e. The highest BCUT2D eigenvalue weighted by Crippen LogP contribution is 2.32. The Kier molecular flexibility index (Phi) is 2.89. The number of benzene rings is 1. The normalized spacial score (nSPS) is 14.3. The lowest BCUT2D eigenvalue weighted by Gasteiger charge is -2.16. The van der Waals surface area contributed by atoms with E-state index in [4.69, 9.17) is 17.3 Å². The lowest BCUT2D eigenvalue weighted by molar-refractivity contribution is 0.686. The summed E-state index contributed by atoms with van der Waals surface area (Å²) < 4.78 is 1.84. The van der Waals surface area contributed by atoms with E-state index in [-0.39, 0.29) is 0 Å². The number of rotatable bonds is 1. The van der Waals surface area contributed by atoms with Crippen molar-refractivity contribution >= 4 is 23.1 Å². The molecule has 3 aromatic rings. The van der Waals surface area contributed by atoms with Crippen molar-refractivity contribution in [3.63, 3.8) is 0 Å². The number of halogens is 1. The lowest BCUT2D eigenvalue weighted by atomic mass is 9.90. The minimum Gasteiger partial charge on any atom is -0.383 e. The summed E-state index contributed by atoms with van der Waals surface area (Å²) in [5.74, 6) is 0.642. The van der Waals surface area contributed by atoms with Crippen molar-refractivity contribution in [1.82, 2.24) is 9.38 Å². The first-order valence-corrected chi connectivity index (χ1v) is 7.66. The number of fused-ring (bicyclic) bond motifs is 2. The quantitative estimate of drug-likeness (QED) is 0.734. The van der Waals surface area contributed by atoms with Crippen molar-refractivity contribution in [2.24, 2.45) is 0 Å². The first kappa shape index (κ1) is 12.7. The van der Waals surface area contributed by atoms with Crippen LogP contribution in [0.15, 0.2) is 36.5 Å². The molecule has 2 heterocycles. The Morgan fingerprint density at radius 1 is 1.10 bits per heavy atom. The maximum absolute atomic E-state index is 6.26. The highest BCUT2D eigenvalue weighted by molar-refractivity contribution is 6.33. The van der Waals surface area contributed by atoms with Gasteiger partial charge < -0.3 is 5.73 Å². The fraction of sp³-hybridized carbons (Fsp3) is 0.235. The summed E-state index contributed by atoms with van der Waals surface area (Å²) >= 11 is 6.21. The Bertz CT molecular complexity index is 835. The van der Waals surface area contributed by atoms with Crippen LogP contribution in [0, 0.1) is 0 Å². The number of hydrogen-bond donors (Lipinski definition) is 1. The van der Waals surface area contributed by atoms with Crippen molar-refractivity contribution < 1.29 is 0 Å². The molecule has 0 radical (unpaired) electrons. The molecule has 0 amide bonds. The molecule has 2 N–H and O–H groups in total. The number of pyridine rings is 1. The predicted octanol–water partition coefficient (Wildman–Crippen LogP) is 4.12. The van der Waals surface area contributed by atoms with Crippen LogP contribution in [0.4, 0.5) is 5.82 Å². The predicted molar refractivity (Wildman–Crippen MR) is 86.7 cm³/mol. The highest BCUT2D eigenvalue weighted by Gasteiger charge is 2.16. The molecule has 1 aromatic carbocycles. The van der Waals surface area contributed by atoms with Gasteiger partial charge in [0.25, 0.3) is 0 Å². The van der Waals surface area contributed by atoms with Crippen LogP contribution in [0.3, 0.4) is 0 Å². The van der Waals surface area contributed by atoms with Crippen LogP contribution in [0.5, 0.6) is 0 Å². The third kappa shape index (κ3) is 2.00. The van der Waals surface area contributed by atoms with E-state index in [0.29, 0.717) is 16.5 Å². The van der Waals surface area contributed by atoms with Gasteiger partial charge in [0.05, 0.1) is 5.02 Å². The van der Waals surface area contributed by atoms with Crippen LogP contribution in [-0.2, 0) is 12.8 Å². The van der Waals surface area contributed by atoms with Gasteiger partial charge in [0, 0.05) is 11.8 Å². The van der Waals surface area contributed by atoms with E-state index in [9.17, 15) is 0 Å². The number of anilines is 1. The van der Waals surface area contributed by atoms with Gasteiger partial charge in [-0.25, -0.2) is 4.98 Å². The Labute approximate surface area is 128 Å². The van der Waals surface area contributed by atoms with Crippen LogP contribution in [-0.4, -0.2) is 9.38 Å². The molecular weight excluding hydrogens is 282 g/mol. The fourth-order valence-electron chi connectivity index (χ4n) is 3.15. The van der Waals surface area contributed by atoms with E-state index in [1.54, 1.807) is 0 Å². The lowest BCUT2D eigenvalue weighted by Crippen LogP contribution is -2.02. The second-order valence-corrected chi connectivity index (χ2v) is 5.99. The van der Waals surface area contributed by atoms with Crippen LogP contribution in [0.1, 0.15) is 24.0 Å². The maximum Gasteiger partial charge on any atom is 0.157 e. The zero-order chi connectivity index (χ0) is 14.4. The van der Waals surface area contributed by atoms with Crippen molar-refractivity contribution in [3.8, 4) is 11.3 Å². The number of nitrogens with zero attached hydrogens (tertiary/aromatic N) is 2. The van der Waals surface area contributed by atoms with Gasteiger partial charge in [0.2, 0.25) is 0 Å². The standard InChI is InChI=1S/C17H16ClN3/c18-14-6-3-9-21-16(19)15(20-17(14)21)13-8-7-11-4-1-2-5-12(11)10-13/h3,6-10H,1-2,4-5,19H2. The van der Waals surface area contributed by atoms with Crippen molar-refractivity contribution in [1.29, 1.82) is 0 Å². The smallest absolute Gasteiger partial charge is 0.157 e. The van der Waals surface area contributed by atoms with Crippen LogP contribution >= 0.6 is 11.6 Å². The molecule has 21 heavy (non-hydrogen) atoms. The number of imidazole rings is 1. The first-order valence-electron chi connectivity index (χ1n) is 7.28. The molecule has 106 valence electrons. The van der Waals surface area contributed by atoms with Gasteiger partial charge in [0.15, 0.2) is 5.65 Å². The summed E-state index contributed by atoms with van der Waals surface area (Å²) in [6.45, 7) is 0. The van der Waals surface area contributed by atoms with Gasteiger partial charge in [-0.15, -0.1) is 0 Å². The second-order valence-electron chi connectivity index (χ2n) is 5.59. The summed E-state index contributed by atoms with van der Waals surface area (Å²) in [5.41, 5.74) is 11.8. The Hall–Kier alpha value is -2.00. The van der Waals surface area contributed by atoms with Gasteiger partial charge in [-0.3, -0.25) is 4.40 Å². The number of aromatic nitrogens is 2. The molecule has 2 aromatic heterocycles. The molecule has 0 saturated carbocycles. The minimum atomic E-state index is 0.619. The summed E-state index contributed by atoms with van der Waals surface area (Å²) in [5, 5.41) is 0.619. The monoisotopic (exact) mass is 297 g/mol. The summed E-state index contributed by atoms with van der Waals surface area (Å²) in [7, 11) is 0. The molecule has 0 aliphatic heterocycles. The van der Waals surface area contributed by atoms with Gasteiger partial charge in [-0.1, -0.05) is 23.7 Å². The molecule has 0 fully saturated rings. The second kappa shape index (κ2) is 4.78. The summed E-state index contributed by atoms with van der Waals surface area (Å²) in [6, 6.07) is 10.3. The van der Waals surface area contributed by atoms with Crippen LogP contribution in [0.25, 0.3) is 16.9 Å². The van der Waals surface area contributed by atoms with Gasteiger partial charge in [0.1, 0.15) is 11.5 Å². The topological polar surface area (TPSA) is 43.3 Å². The Balaban J connectivity index is 1.90. The third-order valence-electron chi connectivity index (χ3n) is 4.26. The molecule has 0 unspecified atom stereocenters. The molecule has 1 aliphatic carbocycles. The molecule has 4 rings (SSSR count). The van der Waals surface area contributed by atoms with Crippen LogP contribution < -0.4 is 5.73 Å². The highest BCUT2D eigenvalue weighted by atomic mass is 35.5. The molecule has 0 atom stereocenters. The molecule has 4 heteroatoms. The number of aryl methyl sites for hydroxylation is 2. The summed E-state index contributed by atoms with van der Waals surface area (Å²) in [4.78, 5) is 4.64. The van der Waals surface area contributed by atoms with Gasteiger partial charge in [-0.2, -0.15) is 0 Å². The number of nitrogen functional groups attached to an aromatic ring is 1. The Morgan fingerprint density at radius 3 is 2.71 bits per heavy atom. The Morgan fingerprint density at radius 2 is 1.90 bits per heavy atom. The molecule has 0 spiro atoms. The van der Waals surface area contributed by atoms with Crippen LogP contribution in [0.2, 0.25) is 5.02 Å². The van der Waals surface area contributed by atoms with Gasteiger partial charge in [-0.05, 0) is 55.0 Å². The van der Waals surface area contributed by atoms with E-state index in [1.807, 2.05) is 22.7 Å². The average molecular weight is 298 g/mol. The zero-order valence-corrected chi connectivity index (χ0v) is 12.4. The van der Waals surface area contributed by atoms with Crippen molar-refractivity contribution in [2.75, 3.05) is 5.73 Å². The molecule has 0 saturated heterocycles. The molecule has 3 nitrogen and oxygen atoms in total. The van der Waals surface area contributed by atoms with Crippen molar-refractivity contribution in [3.05, 3.63) is 52.7 Å². The first-order chi connectivity index (χ1) is 10.2. The minimum absolute atomic E-state index is 0.619. The number of nitrogens with two attached hydrogens (primary N) is 1. The van der Waals surface area contributed by atoms with E-state index < -0.39 is 0 Å². The van der Waals surface area contributed by atoms with E-state index in [0.717, 1.165) is 17.7 Å². The molecular formula is C17H16ClN3. The third-order valence-corrected chi connectivity index (χ3v) is 4.56. The zero-order valence-electron chi connectivity index (χ0n) is 11.6. The number of hydrogen-bond acceptors (Lipinski definition) is 2. The van der Waals surface area contributed by atoms with E-state index in [2.05, 4.69) is 23.2 Å².